The highest BCUT2D eigenvalue weighted by Crippen LogP contribution is 2.28. The van der Waals surface area contributed by atoms with Crippen molar-refractivity contribution in [2.75, 3.05) is 6.61 Å². The number of benzene rings is 1. The summed E-state index contributed by atoms with van der Waals surface area (Å²) in [5.74, 6) is -1.11. The van der Waals surface area contributed by atoms with Crippen LogP contribution in [0.4, 0.5) is 0 Å². The molecule has 0 spiro atoms. The Labute approximate surface area is 109 Å². The minimum atomic E-state index is -1.11. The van der Waals surface area contributed by atoms with E-state index < -0.39 is 18.7 Å². The Morgan fingerprint density at radius 1 is 1.42 bits per heavy atom. The zero-order valence-electron chi connectivity index (χ0n) is 10.3. The van der Waals surface area contributed by atoms with E-state index >= 15 is 0 Å². The van der Waals surface area contributed by atoms with Crippen molar-refractivity contribution in [1.82, 2.24) is 9.78 Å². The first-order valence-electron chi connectivity index (χ1n) is 5.70. The largest absolute Gasteiger partial charge is 0.476 e. The molecule has 3 N–H and O–H groups in total. The Morgan fingerprint density at radius 3 is 2.68 bits per heavy atom. The molecule has 1 aromatic carbocycles. The van der Waals surface area contributed by atoms with E-state index in [0.717, 1.165) is 0 Å². The molecule has 6 nitrogen and oxygen atoms in total. The highest BCUT2D eigenvalue weighted by atomic mass is 16.4. The van der Waals surface area contributed by atoms with Gasteiger partial charge in [-0.25, -0.2) is 4.79 Å². The summed E-state index contributed by atoms with van der Waals surface area (Å²) >= 11 is 0. The summed E-state index contributed by atoms with van der Waals surface area (Å²) < 4.78 is 1.44. The summed E-state index contributed by atoms with van der Waals surface area (Å²) in [6.07, 6.45) is -1.01. The van der Waals surface area contributed by atoms with Crippen LogP contribution in [0, 0.1) is 0 Å². The molecular weight excluding hydrogens is 248 g/mol. The first-order valence-corrected chi connectivity index (χ1v) is 5.70. The van der Waals surface area contributed by atoms with Gasteiger partial charge in [0.25, 0.3) is 0 Å². The van der Waals surface area contributed by atoms with Crippen LogP contribution < -0.4 is 0 Å². The minimum Gasteiger partial charge on any atom is -0.476 e. The van der Waals surface area contributed by atoms with Gasteiger partial charge in [-0.15, -0.1) is 0 Å². The first-order chi connectivity index (χ1) is 9.04. The van der Waals surface area contributed by atoms with Gasteiger partial charge in [-0.1, -0.05) is 24.3 Å². The number of aliphatic hydroxyl groups excluding tert-OH is 2. The summed E-state index contributed by atoms with van der Waals surface area (Å²) in [5.41, 5.74) is 1.68. The number of carboxylic acids is 1. The average molecular weight is 262 g/mol. The molecule has 1 aromatic heterocycles. The summed E-state index contributed by atoms with van der Waals surface area (Å²) in [4.78, 5) is 10.9. The Hall–Kier alpha value is -2.18. The van der Waals surface area contributed by atoms with E-state index in [1.54, 1.807) is 31.3 Å². The topological polar surface area (TPSA) is 95.6 Å². The number of rotatable bonds is 4. The lowest BCUT2D eigenvalue weighted by atomic mass is 10.00. The molecule has 1 heterocycles. The Kier molecular flexibility index (Phi) is 3.64. The number of carbonyl (C=O) groups is 1. The van der Waals surface area contributed by atoms with Gasteiger partial charge in [-0.3, -0.25) is 4.68 Å². The fourth-order valence-corrected chi connectivity index (χ4v) is 1.94. The molecular formula is C13H14N2O4. The fraction of sp³-hybridized carbons (Fsp3) is 0.231. The van der Waals surface area contributed by atoms with Crippen LogP contribution in [0.25, 0.3) is 11.3 Å². The third kappa shape index (κ3) is 2.49. The standard InChI is InChI=1S/C13H14N2O4/c1-15-11(6-10(14-15)13(18)19)8-4-2-3-5-9(8)12(17)7-16/h2-6,12,16-17H,7H2,1H3,(H,18,19). The molecule has 0 amide bonds. The second kappa shape index (κ2) is 5.21. The first kappa shape index (κ1) is 13.3. The molecule has 0 saturated carbocycles. The summed E-state index contributed by atoms with van der Waals surface area (Å²) in [6, 6.07) is 8.38. The van der Waals surface area contributed by atoms with E-state index in [1.807, 2.05) is 0 Å². The molecule has 100 valence electrons. The molecule has 1 unspecified atom stereocenters. The lowest BCUT2D eigenvalue weighted by molar-refractivity contribution is 0.0689. The number of hydrogen-bond acceptors (Lipinski definition) is 4. The maximum absolute atomic E-state index is 10.9. The highest BCUT2D eigenvalue weighted by molar-refractivity contribution is 5.87. The maximum atomic E-state index is 10.9. The van der Waals surface area contributed by atoms with Gasteiger partial charge >= 0.3 is 5.97 Å². The van der Waals surface area contributed by atoms with Gasteiger partial charge in [0.15, 0.2) is 5.69 Å². The molecule has 0 aliphatic rings. The molecule has 0 aliphatic carbocycles. The summed E-state index contributed by atoms with van der Waals surface area (Å²) in [7, 11) is 1.63. The van der Waals surface area contributed by atoms with E-state index in [-0.39, 0.29) is 5.69 Å². The van der Waals surface area contributed by atoms with Gasteiger partial charge in [0.2, 0.25) is 0 Å². The van der Waals surface area contributed by atoms with E-state index in [4.69, 9.17) is 10.2 Å². The zero-order valence-corrected chi connectivity index (χ0v) is 10.3. The normalized spacial score (nSPS) is 12.4. The van der Waals surface area contributed by atoms with Gasteiger partial charge in [-0.05, 0) is 11.6 Å². The van der Waals surface area contributed by atoms with Gasteiger partial charge < -0.3 is 15.3 Å². The van der Waals surface area contributed by atoms with E-state index in [0.29, 0.717) is 16.8 Å². The van der Waals surface area contributed by atoms with E-state index in [2.05, 4.69) is 5.10 Å². The van der Waals surface area contributed by atoms with Crippen molar-refractivity contribution < 1.29 is 20.1 Å². The summed E-state index contributed by atoms with van der Waals surface area (Å²) in [5, 5.41) is 31.7. The second-order valence-electron chi connectivity index (χ2n) is 4.13. The molecule has 0 radical (unpaired) electrons. The highest BCUT2D eigenvalue weighted by Gasteiger charge is 2.17. The second-order valence-corrected chi connectivity index (χ2v) is 4.13. The fourth-order valence-electron chi connectivity index (χ4n) is 1.94. The smallest absolute Gasteiger partial charge is 0.356 e. The van der Waals surface area contributed by atoms with Crippen molar-refractivity contribution in [1.29, 1.82) is 0 Å². The predicted octanol–water partition coefficient (Wildman–Crippen LogP) is 0.811. The van der Waals surface area contributed by atoms with Crippen molar-refractivity contribution in [2.45, 2.75) is 6.10 Å². The molecule has 0 aliphatic heterocycles. The predicted molar refractivity (Wildman–Crippen MR) is 67.6 cm³/mol. The van der Waals surface area contributed by atoms with Crippen molar-refractivity contribution in [3.05, 3.63) is 41.6 Å². The lowest BCUT2D eigenvalue weighted by Crippen LogP contribution is -2.05. The molecule has 0 fully saturated rings. The van der Waals surface area contributed by atoms with Crippen LogP contribution in [0.5, 0.6) is 0 Å². The third-order valence-corrected chi connectivity index (χ3v) is 2.87. The van der Waals surface area contributed by atoms with E-state index in [9.17, 15) is 9.90 Å². The average Bonchev–Trinajstić information content (AvgIpc) is 2.80. The number of hydrogen-bond donors (Lipinski definition) is 3. The number of aryl methyl sites for hydroxylation is 1. The van der Waals surface area contributed by atoms with Gasteiger partial charge in [0.05, 0.1) is 12.3 Å². The quantitative estimate of drug-likeness (QED) is 0.757. The molecule has 2 rings (SSSR count). The number of carboxylic acid groups (broad SMARTS) is 1. The molecule has 2 aromatic rings. The van der Waals surface area contributed by atoms with Gasteiger partial charge in [0.1, 0.15) is 6.10 Å². The van der Waals surface area contributed by atoms with Crippen molar-refractivity contribution >= 4 is 5.97 Å². The van der Waals surface area contributed by atoms with Crippen LogP contribution in [-0.4, -0.2) is 37.7 Å². The number of aliphatic hydroxyl groups is 2. The Balaban J connectivity index is 2.56. The molecule has 1 atom stereocenters. The van der Waals surface area contributed by atoms with Crippen LogP contribution in [-0.2, 0) is 7.05 Å². The third-order valence-electron chi connectivity index (χ3n) is 2.87. The lowest BCUT2D eigenvalue weighted by Gasteiger charge is -2.13. The maximum Gasteiger partial charge on any atom is 0.356 e. The monoisotopic (exact) mass is 262 g/mol. The van der Waals surface area contributed by atoms with Crippen molar-refractivity contribution in [3.63, 3.8) is 0 Å². The van der Waals surface area contributed by atoms with Crippen LogP contribution in [0.15, 0.2) is 30.3 Å². The van der Waals surface area contributed by atoms with Crippen LogP contribution >= 0.6 is 0 Å². The number of nitrogens with zero attached hydrogens (tertiary/aromatic N) is 2. The zero-order chi connectivity index (χ0) is 14.0. The molecule has 19 heavy (non-hydrogen) atoms. The molecule has 0 bridgehead atoms. The van der Waals surface area contributed by atoms with Gasteiger partial charge in [0, 0.05) is 12.6 Å². The molecule has 6 heteroatoms. The molecule has 0 saturated heterocycles. The Bertz CT molecular complexity index is 606. The number of aromatic carboxylic acids is 1. The Morgan fingerprint density at radius 2 is 2.11 bits per heavy atom. The van der Waals surface area contributed by atoms with Crippen LogP contribution in [0.1, 0.15) is 22.2 Å². The SMILES string of the molecule is Cn1nc(C(=O)O)cc1-c1ccccc1C(O)CO. The number of aromatic nitrogens is 2. The van der Waals surface area contributed by atoms with Crippen LogP contribution in [0.3, 0.4) is 0 Å². The minimum absolute atomic E-state index is 0.0641. The van der Waals surface area contributed by atoms with Crippen LogP contribution in [0.2, 0.25) is 0 Å². The van der Waals surface area contributed by atoms with E-state index in [1.165, 1.54) is 10.7 Å². The summed E-state index contributed by atoms with van der Waals surface area (Å²) in [6.45, 7) is -0.402. The van der Waals surface area contributed by atoms with Crippen molar-refractivity contribution in [3.8, 4) is 11.3 Å². The van der Waals surface area contributed by atoms with Gasteiger partial charge in [-0.2, -0.15) is 5.10 Å². The van der Waals surface area contributed by atoms with Crippen molar-refractivity contribution in [2.24, 2.45) is 7.05 Å².